The Labute approximate surface area is 187 Å². The van der Waals surface area contributed by atoms with Gasteiger partial charge in [0.25, 0.3) is 5.56 Å². The monoisotopic (exact) mass is 440 g/mol. The van der Waals surface area contributed by atoms with Crippen LogP contribution in [-0.2, 0) is 13.6 Å². The normalized spacial score (nSPS) is 11.2. The summed E-state index contributed by atoms with van der Waals surface area (Å²) in [6.45, 7) is 8.06. The first-order valence-corrected chi connectivity index (χ1v) is 10.2. The molecule has 0 radical (unpaired) electrons. The standard InChI is InChI=1S/C24H17ClN6O/c1-27-22-15-4-3-5-20(25)14(15)8-9-17(22)23-19(12-28-31(23)2)13-6-7-16-18(10-13)21(11-26)29-30-24(16)32/h3-10,12H,11,26H2,2H3,(H,30,32). The number of halogens is 1. The topological polar surface area (TPSA) is 93.9 Å². The van der Waals surface area contributed by atoms with E-state index in [2.05, 4.69) is 20.1 Å². The van der Waals surface area contributed by atoms with Crippen LogP contribution in [0, 0.1) is 6.57 Å². The largest absolute Gasteiger partial charge is 0.325 e. The summed E-state index contributed by atoms with van der Waals surface area (Å²) in [5, 5.41) is 14.5. The molecule has 2 heterocycles. The molecule has 7 nitrogen and oxygen atoms in total. The lowest BCUT2D eigenvalue weighted by Crippen LogP contribution is -2.13. The van der Waals surface area contributed by atoms with Gasteiger partial charge in [-0.05, 0) is 34.5 Å². The number of aromatic amines is 1. The molecule has 32 heavy (non-hydrogen) atoms. The first-order chi connectivity index (χ1) is 15.5. The fourth-order valence-corrected chi connectivity index (χ4v) is 4.36. The van der Waals surface area contributed by atoms with Crippen LogP contribution in [0.1, 0.15) is 5.69 Å². The number of fused-ring (bicyclic) bond motifs is 2. The van der Waals surface area contributed by atoms with Crippen LogP contribution >= 0.6 is 11.6 Å². The molecule has 0 saturated heterocycles. The Morgan fingerprint density at radius 3 is 2.69 bits per heavy atom. The Balaban J connectivity index is 1.79. The van der Waals surface area contributed by atoms with E-state index < -0.39 is 0 Å². The number of hydrogen-bond acceptors (Lipinski definition) is 4. The third-order valence-electron chi connectivity index (χ3n) is 5.66. The molecule has 156 valence electrons. The lowest BCUT2D eigenvalue weighted by molar-refractivity contribution is 0.776. The Hall–Kier alpha value is -3.99. The van der Waals surface area contributed by atoms with Gasteiger partial charge in [-0.15, -0.1) is 0 Å². The molecule has 5 aromatic rings. The van der Waals surface area contributed by atoms with E-state index in [0.717, 1.165) is 33.2 Å². The SMILES string of the molecule is [C-]#[N+]c1c(-c2c(-c3ccc4c(=O)[nH]nc(CN)c4c3)cnn2C)ccc2c(Cl)cccc12. The highest BCUT2D eigenvalue weighted by atomic mass is 35.5. The minimum Gasteiger partial charge on any atom is -0.325 e. The summed E-state index contributed by atoms with van der Waals surface area (Å²) in [4.78, 5) is 16.0. The highest BCUT2D eigenvalue weighted by Crippen LogP contribution is 2.42. The van der Waals surface area contributed by atoms with Gasteiger partial charge in [0.15, 0.2) is 0 Å². The molecule has 0 fully saturated rings. The minimum atomic E-state index is -0.267. The van der Waals surface area contributed by atoms with Gasteiger partial charge in [-0.25, -0.2) is 9.94 Å². The highest BCUT2D eigenvalue weighted by molar-refractivity contribution is 6.36. The second-order valence-corrected chi connectivity index (χ2v) is 7.81. The molecule has 2 aromatic heterocycles. The molecule has 0 aliphatic heterocycles. The van der Waals surface area contributed by atoms with Crippen molar-refractivity contribution >= 4 is 38.8 Å². The molecule has 0 aliphatic rings. The summed E-state index contributed by atoms with van der Waals surface area (Å²) in [5.41, 5.74) is 9.93. The van der Waals surface area contributed by atoms with Crippen molar-refractivity contribution in [1.82, 2.24) is 20.0 Å². The van der Waals surface area contributed by atoms with E-state index in [-0.39, 0.29) is 12.1 Å². The number of nitrogens with zero attached hydrogens (tertiary/aromatic N) is 4. The van der Waals surface area contributed by atoms with Gasteiger partial charge >= 0.3 is 0 Å². The van der Waals surface area contributed by atoms with Crippen LogP contribution in [0.2, 0.25) is 5.02 Å². The highest BCUT2D eigenvalue weighted by Gasteiger charge is 2.19. The maximum atomic E-state index is 12.2. The van der Waals surface area contributed by atoms with Crippen molar-refractivity contribution < 1.29 is 0 Å². The summed E-state index contributed by atoms with van der Waals surface area (Å²) in [6, 6.07) is 14.9. The number of nitrogens with one attached hydrogen (secondary N) is 1. The van der Waals surface area contributed by atoms with E-state index in [1.807, 2.05) is 49.5 Å². The second-order valence-electron chi connectivity index (χ2n) is 7.40. The van der Waals surface area contributed by atoms with Crippen LogP contribution in [0.3, 0.4) is 0 Å². The average Bonchev–Trinajstić information content (AvgIpc) is 3.19. The quantitative estimate of drug-likeness (QED) is 0.394. The van der Waals surface area contributed by atoms with Crippen molar-refractivity contribution in [2.24, 2.45) is 12.8 Å². The zero-order chi connectivity index (χ0) is 22.4. The Morgan fingerprint density at radius 2 is 1.91 bits per heavy atom. The smallest absolute Gasteiger partial charge is 0.272 e. The van der Waals surface area contributed by atoms with Gasteiger partial charge in [-0.3, -0.25) is 9.48 Å². The Kier molecular flexibility index (Phi) is 4.74. The zero-order valence-electron chi connectivity index (χ0n) is 17.1. The third-order valence-corrected chi connectivity index (χ3v) is 5.99. The van der Waals surface area contributed by atoms with E-state index in [4.69, 9.17) is 23.9 Å². The summed E-state index contributed by atoms with van der Waals surface area (Å²) in [5.74, 6) is 0. The molecule has 3 N–H and O–H groups in total. The first-order valence-electron chi connectivity index (χ1n) is 9.86. The van der Waals surface area contributed by atoms with Crippen LogP contribution < -0.4 is 11.3 Å². The predicted molar refractivity (Wildman–Crippen MR) is 127 cm³/mol. The van der Waals surface area contributed by atoms with Crippen molar-refractivity contribution in [3.63, 3.8) is 0 Å². The summed E-state index contributed by atoms with van der Waals surface area (Å²) in [7, 11) is 1.84. The van der Waals surface area contributed by atoms with Crippen LogP contribution in [-0.4, -0.2) is 20.0 Å². The van der Waals surface area contributed by atoms with Crippen molar-refractivity contribution in [1.29, 1.82) is 0 Å². The number of H-pyrrole nitrogens is 1. The lowest BCUT2D eigenvalue weighted by atomic mass is 9.96. The fraction of sp³-hybridized carbons (Fsp3) is 0.0833. The number of benzene rings is 3. The summed E-state index contributed by atoms with van der Waals surface area (Å²) >= 11 is 6.35. The van der Waals surface area contributed by atoms with Gasteiger partial charge in [-0.1, -0.05) is 41.9 Å². The molecule has 8 heteroatoms. The summed E-state index contributed by atoms with van der Waals surface area (Å²) < 4.78 is 1.75. The van der Waals surface area contributed by atoms with Gasteiger partial charge in [0.1, 0.15) is 0 Å². The molecule has 5 rings (SSSR count). The third kappa shape index (κ3) is 2.97. The van der Waals surface area contributed by atoms with Gasteiger partial charge in [0.2, 0.25) is 5.69 Å². The molecule has 3 aromatic carbocycles. The van der Waals surface area contributed by atoms with E-state index in [1.54, 1.807) is 16.9 Å². The number of nitrogens with two attached hydrogens (primary N) is 1. The minimum absolute atomic E-state index is 0.198. The number of aromatic nitrogens is 4. The van der Waals surface area contributed by atoms with Gasteiger partial charge in [-0.2, -0.15) is 10.2 Å². The Morgan fingerprint density at radius 1 is 1.09 bits per heavy atom. The summed E-state index contributed by atoms with van der Waals surface area (Å²) in [6.07, 6.45) is 1.76. The molecule has 0 bridgehead atoms. The van der Waals surface area contributed by atoms with Gasteiger partial charge < -0.3 is 5.73 Å². The molecular formula is C24H17ClN6O. The first kappa shape index (κ1) is 19.9. The van der Waals surface area contributed by atoms with Crippen molar-refractivity contribution in [2.75, 3.05) is 0 Å². The van der Waals surface area contributed by atoms with Crippen molar-refractivity contribution in [2.45, 2.75) is 6.54 Å². The zero-order valence-corrected chi connectivity index (χ0v) is 17.8. The molecule has 0 amide bonds. The molecule has 0 unspecified atom stereocenters. The number of rotatable bonds is 3. The van der Waals surface area contributed by atoms with E-state index in [0.29, 0.717) is 27.2 Å². The molecule has 0 spiro atoms. The Bertz CT molecular complexity index is 1630. The van der Waals surface area contributed by atoms with Gasteiger partial charge in [0.05, 0.1) is 29.5 Å². The van der Waals surface area contributed by atoms with E-state index >= 15 is 0 Å². The second kappa shape index (κ2) is 7.61. The molecule has 0 aliphatic carbocycles. The number of hydrogen-bond donors (Lipinski definition) is 2. The van der Waals surface area contributed by atoms with Crippen LogP contribution in [0.5, 0.6) is 0 Å². The molecule has 0 atom stereocenters. The molecule has 0 saturated carbocycles. The maximum Gasteiger partial charge on any atom is 0.272 e. The van der Waals surface area contributed by atoms with Crippen LogP contribution in [0.4, 0.5) is 5.69 Å². The van der Waals surface area contributed by atoms with E-state index in [9.17, 15) is 4.79 Å². The van der Waals surface area contributed by atoms with Gasteiger partial charge in [0, 0.05) is 35.1 Å². The number of aryl methyl sites for hydroxylation is 1. The molecular weight excluding hydrogens is 424 g/mol. The van der Waals surface area contributed by atoms with Crippen molar-refractivity contribution in [3.05, 3.63) is 87.2 Å². The average molecular weight is 441 g/mol. The van der Waals surface area contributed by atoms with Crippen molar-refractivity contribution in [3.8, 4) is 22.4 Å². The van der Waals surface area contributed by atoms with Crippen LogP contribution in [0.25, 0.3) is 48.8 Å². The maximum absolute atomic E-state index is 12.2. The fourth-order valence-electron chi connectivity index (χ4n) is 4.13. The van der Waals surface area contributed by atoms with Crippen LogP contribution in [0.15, 0.2) is 59.5 Å². The predicted octanol–water partition coefficient (Wildman–Crippen LogP) is 4.81. The van der Waals surface area contributed by atoms with E-state index in [1.165, 1.54) is 0 Å². The lowest BCUT2D eigenvalue weighted by Gasteiger charge is -2.12.